The van der Waals surface area contributed by atoms with Gasteiger partial charge in [0.15, 0.2) is 0 Å². The fraction of sp³-hybridized carbons (Fsp3) is 0.374. The number of carboxylic acids is 1. The molecular formula is C91H85N7O23. The Labute approximate surface area is 690 Å². The number of carbonyl (C=O) groups is 12. The molecule has 8 atom stereocenters. The third kappa shape index (κ3) is 15.2. The van der Waals surface area contributed by atoms with Gasteiger partial charge in [0, 0.05) is 26.0 Å². The average molecular weight is 1640 g/mol. The van der Waals surface area contributed by atoms with E-state index < -0.39 is 141 Å². The number of imide groups is 4. The summed E-state index contributed by atoms with van der Waals surface area (Å²) in [5.74, 6) is -21.8. The summed E-state index contributed by atoms with van der Waals surface area (Å²) in [4.78, 5) is 235. The monoisotopic (exact) mass is 1640 g/mol. The molecule has 16 rings (SSSR count). The molecule has 0 radical (unpaired) electrons. The van der Waals surface area contributed by atoms with Gasteiger partial charge in [0.1, 0.15) is 11.5 Å². The maximum atomic E-state index is 15.2. The van der Waals surface area contributed by atoms with E-state index in [1.54, 1.807) is 19.3 Å². The quantitative estimate of drug-likeness (QED) is 0.0173. The number of hydrogen-bond acceptors (Lipinski definition) is 23. The van der Waals surface area contributed by atoms with Crippen molar-refractivity contribution in [1.29, 1.82) is 0 Å². The summed E-state index contributed by atoms with van der Waals surface area (Å²) in [5.41, 5.74) is -2.85. The minimum Gasteiger partial charge on any atom is -0.494 e. The smallest absolute Gasteiger partial charge is 0.338 e. The number of amides is 8. The molecule has 4 saturated heterocycles. The van der Waals surface area contributed by atoms with Crippen molar-refractivity contribution in [3.05, 3.63) is 220 Å². The van der Waals surface area contributed by atoms with Crippen LogP contribution in [0.15, 0.2) is 159 Å². The molecule has 1 N–H and O–H groups in total. The first-order valence-electron chi connectivity index (χ1n) is 40.9. The molecule has 0 bridgehead atoms. The second kappa shape index (κ2) is 33.9. The van der Waals surface area contributed by atoms with Crippen LogP contribution in [0.5, 0.6) is 11.5 Å². The minimum atomic E-state index is -1.55. The van der Waals surface area contributed by atoms with Gasteiger partial charge in [-0.25, -0.2) is 43.3 Å². The first-order valence-corrected chi connectivity index (χ1v) is 40.9. The lowest BCUT2D eigenvalue weighted by molar-refractivity contribution is -0.146. The largest absolute Gasteiger partial charge is 0.494 e. The normalized spacial score (nSPS) is 21.5. The number of carboxylic acid groups (broad SMARTS) is 1. The van der Waals surface area contributed by atoms with E-state index >= 15 is 19.2 Å². The van der Waals surface area contributed by atoms with Crippen molar-refractivity contribution in [3.63, 3.8) is 0 Å². The number of carbonyl (C=O) groups excluding carboxylic acids is 11. The number of nitrogens with zero attached hydrogens (tertiary/aromatic N) is 7. The molecule has 7 fully saturated rings. The molecule has 7 heterocycles. The number of pyridine rings is 1. The molecule has 4 aliphatic heterocycles. The lowest BCUT2D eigenvalue weighted by Gasteiger charge is -2.36. The Balaban J connectivity index is 0.619. The van der Waals surface area contributed by atoms with Crippen molar-refractivity contribution < 1.29 is 91.1 Å². The Morgan fingerprint density at radius 3 is 1.19 bits per heavy atom. The van der Waals surface area contributed by atoms with Crippen molar-refractivity contribution in [2.45, 2.75) is 122 Å². The predicted octanol–water partition coefficient (Wildman–Crippen LogP) is 9.53. The van der Waals surface area contributed by atoms with Gasteiger partial charge in [-0.05, 0) is 222 Å². The standard InChI is InChI=1S/C91H85N7O23/c1-4-5-6-8-31-116-61-21-15-50(16-22-61)51-17-23-62(24-18-51)117-32-11-13-36-121-91(115)54-40-57(94-78(101)66-46-64-65(47-67(66)79(94)102)77(100)93(3)76(64)99)44-58(41-54)96-84(107)72-73(85(96)108)75-74(72)86(109)98(87(75)110)60-43-55(90(114)119-34-9-7-14-49-27-29-92-30-28-49)42-59(45-60)97-82(105)70-68-69(71(70)83(97)106)81(104)95(80(68)103)56-38-48(2)37-53(39-56)89(113)120-35-12-10-33-118-63-25-19-52(20-26-63)88(111)112/h17-20,23-30,37-47,50,61,68-75H,4-16,21-22,31-36H2,1-3H3,(H,111,112). The lowest BCUT2D eigenvalue weighted by atomic mass is 9.59. The molecule has 6 aromatic carbocycles. The van der Waals surface area contributed by atoms with Crippen LogP contribution in [0, 0.1) is 54.3 Å². The van der Waals surface area contributed by atoms with Crippen molar-refractivity contribution in [3.8, 4) is 17.2 Å². The molecule has 3 saturated carbocycles. The zero-order valence-corrected chi connectivity index (χ0v) is 66.5. The highest BCUT2D eigenvalue weighted by Crippen LogP contribution is 2.60. The van der Waals surface area contributed by atoms with Gasteiger partial charge in [0.2, 0.25) is 47.3 Å². The SMILES string of the molecule is CCCCCCOC1CCC(c2ccc(OCCCCOC(=O)c3cc(N4C(=O)C5C6C(=O)N(c7cc(C(=O)OCCCCc8ccncc8)cc(N8C(=O)C9C%10C(=O)N(c%11cc(C)cc(C(=O)OCCCCOc%12ccc(C(=O)O)cc%12)c%11)C(=O)C%10C9C8=O)c7)C(=O)C6C5C4=O)cc(-n4c(=O)c5cc6c(=O)n(C)c(=O)c6cc5c4=O)c3)cc2)CC1. The number of fused-ring (bicyclic) bond motifs is 10. The van der Waals surface area contributed by atoms with E-state index in [4.69, 9.17) is 28.4 Å². The zero-order chi connectivity index (χ0) is 84.9. The van der Waals surface area contributed by atoms with Gasteiger partial charge in [-0.15, -0.1) is 0 Å². The number of rotatable bonds is 33. The molecule has 9 aromatic rings. The fourth-order valence-electron chi connectivity index (χ4n) is 18.3. The number of benzene rings is 6. The van der Waals surface area contributed by atoms with Crippen LogP contribution in [0.4, 0.5) is 22.7 Å². The van der Waals surface area contributed by atoms with Gasteiger partial charge in [-0.2, -0.15) is 0 Å². The lowest BCUT2D eigenvalue weighted by Crippen LogP contribution is -2.50. The minimum absolute atomic E-state index is 0.00228. The first kappa shape index (κ1) is 81.5. The van der Waals surface area contributed by atoms with Gasteiger partial charge >= 0.3 is 23.9 Å². The van der Waals surface area contributed by atoms with Crippen LogP contribution in [0.25, 0.3) is 27.2 Å². The van der Waals surface area contributed by atoms with Gasteiger partial charge < -0.3 is 33.5 Å². The molecule has 30 nitrogen and oxygen atoms in total. The predicted molar refractivity (Wildman–Crippen MR) is 435 cm³/mol. The van der Waals surface area contributed by atoms with Gasteiger partial charge in [0.05, 0.1) is 159 Å². The van der Waals surface area contributed by atoms with Crippen LogP contribution < -0.4 is 51.3 Å². The Kier molecular flexibility index (Phi) is 22.8. The second-order valence-corrected chi connectivity index (χ2v) is 32.0. The number of anilines is 4. The summed E-state index contributed by atoms with van der Waals surface area (Å²) in [6, 6.07) is 30.8. The topological polar surface area (TPSA) is 384 Å². The summed E-state index contributed by atoms with van der Waals surface area (Å²) < 4.78 is 36.4. The summed E-state index contributed by atoms with van der Waals surface area (Å²) >= 11 is 0. The van der Waals surface area contributed by atoms with E-state index in [-0.39, 0.29) is 105 Å². The third-order valence-electron chi connectivity index (χ3n) is 24.5. The second-order valence-electron chi connectivity index (χ2n) is 32.0. The molecule has 8 amide bonds. The van der Waals surface area contributed by atoms with E-state index in [1.807, 2.05) is 24.3 Å². The zero-order valence-electron chi connectivity index (χ0n) is 66.5. The van der Waals surface area contributed by atoms with Gasteiger partial charge in [-0.3, -0.25) is 67.1 Å². The molecular weight excluding hydrogens is 1560 g/mol. The Morgan fingerprint density at radius 2 is 0.760 bits per heavy atom. The van der Waals surface area contributed by atoms with E-state index in [9.17, 15) is 62.6 Å². The number of esters is 3. The van der Waals surface area contributed by atoms with E-state index in [0.29, 0.717) is 93.3 Å². The molecule has 0 spiro atoms. The van der Waals surface area contributed by atoms with Gasteiger partial charge in [0.25, 0.3) is 22.2 Å². The van der Waals surface area contributed by atoms with Crippen molar-refractivity contribution in [2.75, 3.05) is 59.2 Å². The number of unbranched alkanes of at least 4 members (excludes halogenated alkanes) is 6. The summed E-state index contributed by atoms with van der Waals surface area (Å²) in [6.07, 6.45) is 15.4. The number of aryl methyl sites for hydroxylation is 2. The van der Waals surface area contributed by atoms with Crippen LogP contribution in [-0.4, -0.2) is 136 Å². The first-order chi connectivity index (χ1) is 58.4. The van der Waals surface area contributed by atoms with E-state index in [1.165, 1.54) is 74.3 Å². The van der Waals surface area contributed by atoms with Crippen molar-refractivity contribution >= 4 is 115 Å². The number of hydrogen-bond donors (Lipinski definition) is 1. The van der Waals surface area contributed by atoms with Crippen LogP contribution >= 0.6 is 0 Å². The van der Waals surface area contributed by atoms with Gasteiger partial charge in [-0.1, -0.05) is 38.3 Å². The van der Waals surface area contributed by atoms with Crippen LogP contribution in [0.2, 0.25) is 0 Å². The van der Waals surface area contributed by atoms with E-state index in [2.05, 4.69) is 24.0 Å². The highest BCUT2D eigenvalue weighted by Gasteiger charge is 2.75. The molecule has 121 heavy (non-hydrogen) atoms. The number of aromatic carboxylic acids is 1. The molecule has 7 aliphatic rings. The fourth-order valence-corrected chi connectivity index (χ4v) is 18.3. The van der Waals surface area contributed by atoms with Crippen LogP contribution in [0.1, 0.15) is 161 Å². The molecule has 8 unspecified atom stereocenters. The molecule has 622 valence electrons. The maximum absolute atomic E-state index is 15.2. The molecule has 3 aliphatic carbocycles. The molecule has 30 heteroatoms. The number of aromatic nitrogens is 3. The highest BCUT2D eigenvalue weighted by molar-refractivity contribution is 6.34. The van der Waals surface area contributed by atoms with E-state index in [0.717, 1.165) is 102 Å². The summed E-state index contributed by atoms with van der Waals surface area (Å²) in [6.45, 7) is 4.78. The Bertz CT molecular complexity index is 5820. The third-order valence-corrected chi connectivity index (χ3v) is 24.5. The summed E-state index contributed by atoms with van der Waals surface area (Å²) in [7, 11) is 1.24. The van der Waals surface area contributed by atoms with Crippen molar-refractivity contribution in [1.82, 2.24) is 14.1 Å². The Morgan fingerprint density at radius 1 is 0.388 bits per heavy atom. The van der Waals surface area contributed by atoms with Crippen LogP contribution in [0.3, 0.4) is 0 Å². The highest BCUT2D eigenvalue weighted by atomic mass is 16.5. The van der Waals surface area contributed by atoms with Crippen molar-refractivity contribution in [2.24, 2.45) is 54.4 Å². The van der Waals surface area contributed by atoms with Crippen LogP contribution in [-0.2, 0) is 70.8 Å². The maximum Gasteiger partial charge on any atom is 0.338 e. The number of ether oxygens (including phenoxy) is 6. The average Bonchev–Trinajstić information content (AvgIpc) is 1.52. The Hall–Kier alpha value is -13.3. The molecule has 3 aromatic heterocycles. The summed E-state index contributed by atoms with van der Waals surface area (Å²) in [5, 5.41) is 8.36.